The van der Waals surface area contributed by atoms with Crippen LogP contribution in [0.2, 0.25) is 0 Å². The predicted molar refractivity (Wildman–Crippen MR) is 117 cm³/mol. The Bertz CT molecular complexity index is 995. The van der Waals surface area contributed by atoms with Crippen molar-refractivity contribution in [2.24, 2.45) is 0 Å². The lowest BCUT2D eigenvalue weighted by atomic mass is 9.95. The minimum atomic E-state index is -4.78. The summed E-state index contributed by atoms with van der Waals surface area (Å²) in [6.45, 7) is 1.93. The molecule has 30 heavy (non-hydrogen) atoms. The third-order valence-electron chi connectivity index (χ3n) is 5.23. The van der Waals surface area contributed by atoms with Gasteiger partial charge in [0.15, 0.2) is 5.60 Å². The largest absolute Gasteiger partial charge is 0.421 e. The highest BCUT2D eigenvalue weighted by Crippen LogP contribution is 2.39. The number of alkyl halides is 3. The van der Waals surface area contributed by atoms with Crippen LogP contribution in [0.25, 0.3) is 0 Å². The number of anilines is 1. The van der Waals surface area contributed by atoms with Gasteiger partial charge in [-0.25, -0.2) is 8.42 Å². The Morgan fingerprint density at radius 2 is 1.67 bits per heavy atom. The van der Waals surface area contributed by atoms with Crippen LogP contribution in [0.5, 0.6) is 0 Å². The van der Waals surface area contributed by atoms with Crippen molar-refractivity contribution in [1.82, 2.24) is 4.31 Å². The zero-order valence-electron chi connectivity index (χ0n) is 16.0. The molecule has 0 spiro atoms. The van der Waals surface area contributed by atoms with E-state index in [0.29, 0.717) is 41.5 Å². The fourth-order valence-electron chi connectivity index (χ4n) is 3.26. The Morgan fingerprint density at radius 1 is 1.10 bits per heavy atom. The van der Waals surface area contributed by atoms with Crippen molar-refractivity contribution in [2.75, 3.05) is 31.1 Å². The number of sulfonamides is 1. The van der Waals surface area contributed by atoms with Crippen molar-refractivity contribution in [2.45, 2.75) is 25.1 Å². The number of hydrogen-bond donors (Lipinski definition) is 1. The van der Waals surface area contributed by atoms with Gasteiger partial charge in [0.25, 0.3) is 0 Å². The topological polar surface area (TPSA) is 60.9 Å². The van der Waals surface area contributed by atoms with E-state index in [1.807, 2.05) is 4.90 Å². The summed E-state index contributed by atoms with van der Waals surface area (Å²) in [6.07, 6.45) is -1.08. The zero-order chi connectivity index (χ0) is 22.3. The van der Waals surface area contributed by atoms with Gasteiger partial charge in [-0.2, -0.15) is 17.5 Å². The van der Waals surface area contributed by atoms with Gasteiger partial charge in [-0.05, 0) is 30.7 Å². The Morgan fingerprint density at radius 3 is 2.20 bits per heavy atom. The first-order valence-corrected chi connectivity index (χ1v) is 11.7. The van der Waals surface area contributed by atoms with Crippen LogP contribution in [0.1, 0.15) is 18.9 Å². The molecule has 0 aromatic heterocycles. The number of hydrogen-bond acceptors (Lipinski definition) is 5. The van der Waals surface area contributed by atoms with E-state index in [-0.39, 0.29) is 23.6 Å². The molecule has 164 valence electrons. The molecule has 1 aliphatic heterocycles. The minimum absolute atomic E-state index is 0.124. The van der Waals surface area contributed by atoms with Gasteiger partial charge in [-0.3, -0.25) is 0 Å². The second-order valence-electron chi connectivity index (χ2n) is 7.23. The van der Waals surface area contributed by atoms with Crippen LogP contribution in [0, 0.1) is 0 Å². The van der Waals surface area contributed by atoms with E-state index in [0.717, 1.165) is 0 Å². The van der Waals surface area contributed by atoms with Crippen LogP contribution < -0.4 is 4.90 Å². The van der Waals surface area contributed by atoms with Gasteiger partial charge in [0.2, 0.25) is 10.0 Å². The molecule has 1 atom stereocenters. The van der Waals surface area contributed by atoms with Gasteiger partial charge < -0.3 is 10.0 Å². The second kappa shape index (κ2) is 8.34. The normalized spacial score (nSPS) is 21.1. The predicted octanol–water partition coefficient (Wildman–Crippen LogP) is 3.84. The first kappa shape index (κ1) is 23.4. The third kappa shape index (κ3) is 4.50. The summed E-state index contributed by atoms with van der Waals surface area (Å²) >= 11 is 8.51. The minimum Gasteiger partial charge on any atom is -0.376 e. The van der Waals surface area contributed by atoms with Gasteiger partial charge in [-0.1, -0.05) is 46.4 Å². The maximum Gasteiger partial charge on any atom is 0.421 e. The fourth-order valence-corrected chi connectivity index (χ4v) is 5.83. The van der Waals surface area contributed by atoms with Gasteiger partial charge in [0.1, 0.15) is 0 Å². The Balaban J connectivity index is 1.70. The molecule has 2 aliphatic rings. The van der Waals surface area contributed by atoms with Gasteiger partial charge in [0, 0.05) is 47.6 Å². The van der Waals surface area contributed by atoms with E-state index in [4.69, 9.17) is 12.2 Å². The average Bonchev–Trinajstić information content (AvgIpc) is 2.69. The maximum absolute atomic E-state index is 13.0. The number of nitrogens with zero attached hydrogens (tertiary/aromatic N) is 2. The molecule has 1 unspecified atom stereocenters. The number of rotatable bonds is 4. The molecule has 1 fully saturated rings. The molecule has 1 N–H and O–H groups in total. The van der Waals surface area contributed by atoms with E-state index in [1.165, 1.54) is 34.6 Å². The van der Waals surface area contributed by atoms with Gasteiger partial charge in [-0.15, -0.1) is 0 Å². The van der Waals surface area contributed by atoms with Crippen molar-refractivity contribution in [3.63, 3.8) is 0 Å². The van der Waals surface area contributed by atoms with Crippen molar-refractivity contribution in [3.05, 3.63) is 51.4 Å². The molecular formula is C19H20BrF3N2O3S2. The summed E-state index contributed by atoms with van der Waals surface area (Å²) < 4.78 is 66.9. The van der Waals surface area contributed by atoms with Crippen LogP contribution in [0.3, 0.4) is 0 Å². The van der Waals surface area contributed by atoms with Crippen molar-refractivity contribution in [3.8, 4) is 0 Å². The number of halogens is 4. The maximum atomic E-state index is 13.0. The van der Waals surface area contributed by atoms with Crippen LogP contribution >= 0.6 is 28.1 Å². The molecule has 0 bridgehead atoms. The summed E-state index contributed by atoms with van der Waals surface area (Å²) in [5.74, 6) is 0. The van der Waals surface area contributed by atoms with Gasteiger partial charge in [0.05, 0.1) is 4.91 Å². The monoisotopic (exact) mass is 524 g/mol. The Labute approximate surface area is 187 Å². The molecular weight excluding hydrogens is 505 g/mol. The molecule has 3 rings (SSSR count). The molecule has 1 heterocycles. The van der Waals surface area contributed by atoms with E-state index >= 15 is 0 Å². The molecule has 0 amide bonds. The summed E-state index contributed by atoms with van der Waals surface area (Å²) in [7, 11) is -3.72. The third-order valence-corrected chi connectivity index (χ3v) is 8.26. The number of aliphatic hydroxyl groups is 1. The lowest BCUT2D eigenvalue weighted by Gasteiger charge is -2.36. The van der Waals surface area contributed by atoms with Crippen molar-refractivity contribution in [1.29, 1.82) is 0 Å². The van der Waals surface area contributed by atoms with Crippen molar-refractivity contribution >= 4 is 48.7 Å². The summed E-state index contributed by atoms with van der Waals surface area (Å²) in [4.78, 5) is 2.38. The second-order valence-corrected chi connectivity index (χ2v) is 10.5. The Kier molecular flexibility index (Phi) is 6.51. The summed E-state index contributed by atoms with van der Waals surface area (Å²) in [5, 5.41) is 9.78. The fraction of sp³-hybridized carbons (Fsp3) is 0.421. The molecule has 1 aromatic carbocycles. The van der Waals surface area contributed by atoms with E-state index in [1.54, 1.807) is 6.08 Å². The average molecular weight is 525 g/mol. The Hall–Kier alpha value is -1.27. The standard InChI is InChI=1S/C19H20BrF3N2O3S2/c1-18(26,19(21,22)23)13-2-5-15(6-3-13)24-8-10-25(11-9-24)30(27,28)17-12-14(20)4-7-16(17)29/h2-6,12,26H,7-11H2,1H3. The van der Waals surface area contributed by atoms with Crippen LogP contribution in [-0.2, 0) is 15.6 Å². The number of piperazine rings is 1. The molecule has 0 saturated carbocycles. The molecule has 0 radical (unpaired) electrons. The zero-order valence-corrected chi connectivity index (χ0v) is 19.2. The smallest absolute Gasteiger partial charge is 0.376 e. The molecule has 1 aliphatic carbocycles. The number of benzene rings is 1. The van der Waals surface area contributed by atoms with Crippen molar-refractivity contribution < 1.29 is 26.7 Å². The van der Waals surface area contributed by atoms with E-state index in [9.17, 15) is 26.7 Å². The van der Waals surface area contributed by atoms with Gasteiger partial charge >= 0.3 is 6.18 Å². The van der Waals surface area contributed by atoms with E-state index in [2.05, 4.69) is 15.9 Å². The molecule has 11 heteroatoms. The molecule has 5 nitrogen and oxygen atoms in total. The lowest BCUT2D eigenvalue weighted by Crippen LogP contribution is -2.49. The molecule has 1 saturated heterocycles. The lowest BCUT2D eigenvalue weighted by molar-refractivity contribution is -0.258. The number of allylic oxidation sites excluding steroid dienone is 4. The van der Waals surface area contributed by atoms with E-state index < -0.39 is 21.8 Å². The highest BCUT2D eigenvalue weighted by Gasteiger charge is 2.51. The summed E-state index contributed by atoms with van der Waals surface area (Å²) in [6, 6.07) is 5.48. The number of thiocarbonyl (C=S) groups is 1. The quantitative estimate of drug-likeness (QED) is 0.606. The highest BCUT2D eigenvalue weighted by molar-refractivity contribution is 9.11. The first-order valence-electron chi connectivity index (χ1n) is 9.09. The first-order chi connectivity index (χ1) is 13.8. The summed E-state index contributed by atoms with van der Waals surface area (Å²) in [5.41, 5.74) is -2.53. The van der Waals surface area contributed by atoms with Crippen LogP contribution in [0.15, 0.2) is 45.8 Å². The molecule has 1 aromatic rings. The SMILES string of the molecule is CC(O)(c1ccc(N2CCN(S(=O)(=O)C3=CC(Br)=CCC3=S)CC2)cc1)C(F)(F)F. The highest BCUT2D eigenvalue weighted by atomic mass is 79.9. The van der Waals surface area contributed by atoms with Crippen LogP contribution in [0.4, 0.5) is 18.9 Å². The van der Waals surface area contributed by atoms with Crippen LogP contribution in [-0.4, -0.2) is 55.0 Å².